The van der Waals surface area contributed by atoms with Crippen LogP contribution in [-0.4, -0.2) is 25.7 Å². The van der Waals surface area contributed by atoms with Gasteiger partial charge in [0, 0.05) is 30.4 Å². The maximum atomic E-state index is 11.9. The van der Waals surface area contributed by atoms with E-state index in [0.29, 0.717) is 11.5 Å². The molecule has 0 radical (unpaired) electrons. The van der Waals surface area contributed by atoms with E-state index in [0.717, 1.165) is 5.69 Å². The second-order valence-corrected chi connectivity index (χ2v) is 3.89. The minimum atomic E-state index is -0.207. The molecule has 19 heavy (non-hydrogen) atoms. The number of amides is 1. The lowest BCUT2D eigenvalue weighted by Gasteiger charge is -2.04. The van der Waals surface area contributed by atoms with Gasteiger partial charge in [0.15, 0.2) is 0 Å². The number of hydrogen-bond donors (Lipinski definition) is 2. The molecule has 1 amide bonds. The highest BCUT2D eigenvalue weighted by atomic mass is 16.1. The van der Waals surface area contributed by atoms with E-state index in [1.165, 1.54) is 0 Å². The molecular formula is C13H11N5O. The number of benzene rings is 1. The zero-order valence-electron chi connectivity index (χ0n) is 9.95. The van der Waals surface area contributed by atoms with Crippen LogP contribution in [0.5, 0.6) is 0 Å². The molecule has 6 nitrogen and oxygen atoms in total. The van der Waals surface area contributed by atoms with Crippen molar-refractivity contribution < 1.29 is 4.79 Å². The Balaban J connectivity index is 1.77. The van der Waals surface area contributed by atoms with Gasteiger partial charge in [-0.2, -0.15) is 5.10 Å². The van der Waals surface area contributed by atoms with Crippen molar-refractivity contribution in [2.45, 2.75) is 0 Å². The topological polar surface area (TPSA) is 75.6 Å². The van der Waals surface area contributed by atoms with E-state index in [9.17, 15) is 4.79 Å². The Labute approximate surface area is 109 Å². The maximum absolute atomic E-state index is 11.9. The summed E-state index contributed by atoms with van der Waals surface area (Å²) in [6.45, 7) is 0. The van der Waals surface area contributed by atoms with E-state index in [1.54, 1.807) is 35.4 Å². The Morgan fingerprint density at radius 1 is 1.21 bits per heavy atom. The van der Waals surface area contributed by atoms with Crippen LogP contribution in [0.25, 0.3) is 5.69 Å². The van der Waals surface area contributed by atoms with Crippen molar-refractivity contribution in [1.29, 1.82) is 0 Å². The van der Waals surface area contributed by atoms with Gasteiger partial charge in [0.1, 0.15) is 0 Å². The summed E-state index contributed by atoms with van der Waals surface area (Å²) in [5, 5.41) is 6.79. The van der Waals surface area contributed by atoms with Gasteiger partial charge < -0.3 is 4.98 Å². The van der Waals surface area contributed by atoms with Crippen LogP contribution in [0.4, 0.5) is 5.95 Å². The molecule has 3 rings (SSSR count). The molecule has 0 aliphatic rings. The van der Waals surface area contributed by atoms with Crippen LogP contribution in [-0.2, 0) is 0 Å². The molecule has 6 heteroatoms. The molecule has 2 aromatic heterocycles. The fourth-order valence-corrected chi connectivity index (χ4v) is 1.70. The summed E-state index contributed by atoms with van der Waals surface area (Å²) in [7, 11) is 0. The van der Waals surface area contributed by atoms with Crippen LogP contribution in [0.1, 0.15) is 10.4 Å². The number of anilines is 1. The Morgan fingerprint density at radius 2 is 2.05 bits per heavy atom. The molecule has 0 bridgehead atoms. The number of aromatic amines is 1. The summed E-state index contributed by atoms with van der Waals surface area (Å²) >= 11 is 0. The second kappa shape index (κ2) is 4.77. The molecule has 3 aromatic rings. The molecule has 0 saturated carbocycles. The summed E-state index contributed by atoms with van der Waals surface area (Å²) in [5.41, 5.74) is 1.46. The molecular weight excluding hydrogens is 242 g/mol. The predicted octanol–water partition coefficient (Wildman–Crippen LogP) is 1.85. The van der Waals surface area contributed by atoms with Crippen LogP contribution in [0.15, 0.2) is 55.1 Å². The Morgan fingerprint density at radius 3 is 2.68 bits per heavy atom. The van der Waals surface area contributed by atoms with Crippen LogP contribution in [0.3, 0.4) is 0 Å². The van der Waals surface area contributed by atoms with Crippen molar-refractivity contribution in [2.75, 3.05) is 5.32 Å². The van der Waals surface area contributed by atoms with E-state index in [4.69, 9.17) is 0 Å². The number of imidazole rings is 1. The number of nitrogens with zero attached hydrogens (tertiary/aromatic N) is 3. The van der Waals surface area contributed by atoms with Gasteiger partial charge in [-0.1, -0.05) is 0 Å². The molecule has 0 aliphatic carbocycles. The van der Waals surface area contributed by atoms with Gasteiger partial charge >= 0.3 is 0 Å². The number of hydrogen-bond acceptors (Lipinski definition) is 3. The number of rotatable bonds is 3. The monoisotopic (exact) mass is 253 g/mol. The third-order valence-electron chi connectivity index (χ3n) is 2.63. The zero-order valence-corrected chi connectivity index (χ0v) is 9.95. The number of carbonyl (C=O) groups is 1. The van der Waals surface area contributed by atoms with Gasteiger partial charge in [-0.25, -0.2) is 9.67 Å². The smallest absolute Gasteiger partial charge is 0.257 e. The van der Waals surface area contributed by atoms with Crippen molar-refractivity contribution in [1.82, 2.24) is 19.7 Å². The standard InChI is InChI=1S/C13H11N5O/c19-12(17-13-14-7-8-15-13)10-2-4-11(5-3-10)18-9-1-6-16-18/h1-9H,(H2,14,15,17,19). The van der Waals surface area contributed by atoms with Crippen LogP contribution in [0, 0.1) is 0 Å². The molecule has 0 spiro atoms. The van der Waals surface area contributed by atoms with Crippen LogP contribution < -0.4 is 5.32 Å². The number of carbonyl (C=O) groups excluding carboxylic acids is 1. The summed E-state index contributed by atoms with van der Waals surface area (Å²) in [4.78, 5) is 18.7. The summed E-state index contributed by atoms with van der Waals surface area (Å²) in [5.74, 6) is 0.225. The van der Waals surface area contributed by atoms with Crippen molar-refractivity contribution in [3.05, 3.63) is 60.7 Å². The van der Waals surface area contributed by atoms with Gasteiger partial charge in [0.05, 0.1) is 5.69 Å². The van der Waals surface area contributed by atoms with E-state index >= 15 is 0 Å². The van der Waals surface area contributed by atoms with Gasteiger partial charge in [-0.15, -0.1) is 0 Å². The Bertz CT molecular complexity index is 656. The van der Waals surface area contributed by atoms with Crippen molar-refractivity contribution >= 4 is 11.9 Å². The average molecular weight is 253 g/mol. The molecule has 1 aromatic carbocycles. The highest BCUT2D eigenvalue weighted by Gasteiger charge is 2.07. The zero-order chi connectivity index (χ0) is 13.1. The Hall–Kier alpha value is -2.89. The lowest BCUT2D eigenvalue weighted by molar-refractivity contribution is 0.102. The minimum absolute atomic E-state index is 0.207. The highest BCUT2D eigenvalue weighted by Crippen LogP contribution is 2.10. The van der Waals surface area contributed by atoms with Gasteiger partial charge in [0.2, 0.25) is 5.95 Å². The fourth-order valence-electron chi connectivity index (χ4n) is 1.70. The first-order valence-corrected chi connectivity index (χ1v) is 5.74. The third-order valence-corrected chi connectivity index (χ3v) is 2.63. The average Bonchev–Trinajstić information content (AvgIpc) is 3.12. The first-order valence-electron chi connectivity index (χ1n) is 5.74. The largest absolute Gasteiger partial charge is 0.331 e. The number of aromatic nitrogens is 4. The second-order valence-electron chi connectivity index (χ2n) is 3.89. The van der Waals surface area contributed by atoms with Crippen molar-refractivity contribution in [3.8, 4) is 5.69 Å². The van der Waals surface area contributed by atoms with Crippen LogP contribution in [0.2, 0.25) is 0 Å². The number of nitrogens with one attached hydrogen (secondary N) is 2. The molecule has 0 saturated heterocycles. The summed E-state index contributed by atoms with van der Waals surface area (Å²) in [6, 6.07) is 9.01. The van der Waals surface area contributed by atoms with E-state index in [2.05, 4.69) is 20.4 Å². The number of H-pyrrole nitrogens is 1. The normalized spacial score (nSPS) is 10.3. The van der Waals surface area contributed by atoms with E-state index < -0.39 is 0 Å². The van der Waals surface area contributed by atoms with Gasteiger partial charge in [0.25, 0.3) is 5.91 Å². The molecule has 2 N–H and O–H groups in total. The minimum Gasteiger partial charge on any atom is -0.331 e. The lowest BCUT2D eigenvalue weighted by atomic mass is 10.2. The quantitative estimate of drug-likeness (QED) is 0.748. The van der Waals surface area contributed by atoms with Gasteiger partial charge in [-0.3, -0.25) is 10.1 Å². The predicted molar refractivity (Wildman–Crippen MR) is 70.1 cm³/mol. The molecule has 0 unspecified atom stereocenters. The fraction of sp³-hybridized carbons (Fsp3) is 0. The molecule has 94 valence electrons. The van der Waals surface area contributed by atoms with Gasteiger partial charge in [-0.05, 0) is 30.3 Å². The Kier molecular flexibility index (Phi) is 2.82. The molecule has 0 fully saturated rings. The van der Waals surface area contributed by atoms with Crippen molar-refractivity contribution in [3.63, 3.8) is 0 Å². The summed E-state index contributed by atoms with van der Waals surface area (Å²) < 4.78 is 1.73. The molecule has 2 heterocycles. The van der Waals surface area contributed by atoms with Crippen LogP contribution >= 0.6 is 0 Å². The molecule has 0 atom stereocenters. The van der Waals surface area contributed by atoms with Crippen molar-refractivity contribution in [2.24, 2.45) is 0 Å². The maximum Gasteiger partial charge on any atom is 0.257 e. The SMILES string of the molecule is O=C(Nc1ncc[nH]1)c1ccc(-n2cccn2)cc1. The first-order chi connectivity index (χ1) is 9.33. The molecule has 0 aliphatic heterocycles. The van der Waals surface area contributed by atoms with E-state index in [1.807, 2.05) is 24.4 Å². The van der Waals surface area contributed by atoms with E-state index in [-0.39, 0.29) is 5.91 Å². The summed E-state index contributed by atoms with van der Waals surface area (Å²) in [6.07, 6.45) is 6.78. The third kappa shape index (κ3) is 2.37. The highest BCUT2D eigenvalue weighted by molar-refractivity contribution is 6.03. The lowest BCUT2D eigenvalue weighted by Crippen LogP contribution is -2.12. The first kappa shape index (κ1) is 11.2.